The lowest BCUT2D eigenvalue weighted by Gasteiger charge is -2.30. The number of aromatic amines is 1. The van der Waals surface area contributed by atoms with Gasteiger partial charge in [0.1, 0.15) is 0 Å². The lowest BCUT2D eigenvalue weighted by Crippen LogP contribution is -2.55. The van der Waals surface area contributed by atoms with E-state index in [0.717, 1.165) is 17.8 Å². The van der Waals surface area contributed by atoms with Crippen LogP contribution < -0.4 is 15.5 Å². The van der Waals surface area contributed by atoms with Crippen molar-refractivity contribution >= 4 is 34.1 Å². The minimum Gasteiger partial charge on any atom is -0.370 e. The molecule has 2 aromatic carbocycles. The maximum Gasteiger partial charge on any atom is 0.313 e. The zero-order valence-electron chi connectivity index (χ0n) is 15.8. The number of H-pyrrole nitrogens is 1. The van der Waals surface area contributed by atoms with Crippen LogP contribution in [0.1, 0.15) is 6.92 Å². The number of benzene rings is 2. The summed E-state index contributed by atoms with van der Waals surface area (Å²) in [6.45, 7) is 1.38. The highest BCUT2D eigenvalue weighted by Gasteiger charge is 2.28. The van der Waals surface area contributed by atoms with Crippen LogP contribution >= 0.6 is 0 Å². The van der Waals surface area contributed by atoms with E-state index in [1.54, 1.807) is 11.9 Å². The van der Waals surface area contributed by atoms with Gasteiger partial charge in [0.2, 0.25) is 0 Å². The van der Waals surface area contributed by atoms with E-state index in [1.165, 1.54) is 13.1 Å². The number of aromatic nitrogens is 1. The molecule has 2 amide bonds. The topological polar surface area (TPSA) is 97.5 Å². The van der Waals surface area contributed by atoms with Crippen LogP contribution in [0.5, 0.6) is 0 Å². The molecular weight excluding hydrogens is 382 g/mol. The Bertz CT molecular complexity index is 1050. The summed E-state index contributed by atoms with van der Waals surface area (Å²) in [5, 5.41) is 15.3. The largest absolute Gasteiger partial charge is 0.370 e. The molecule has 4 N–H and O–H groups in total. The number of nitrogens with one attached hydrogen (secondary N) is 3. The molecule has 3 rings (SSSR count). The fourth-order valence-corrected chi connectivity index (χ4v) is 2.98. The second-order valence-corrected chi connectivity index (χ2v) is 6.89. The number of fused-ring (bicyclic) bond motifs is 1. The number of hydrogen-bond donors (Lipinski definition) is 4. The van der Waals surface area contributed by atoms with Gasteiger partial charge in [0.05, 0.1) is 17.7 Å². The van der Waals surface area contributed by atoms with Gasteiger partial charge >= 0.3 is 11.8 Å². The Morgan fingerprint density at radius 3 is 2.48 bits per heavy atom. The minimum absolute atomic E-state index is 0.0214. The van der Waals surface area contributed by atoms with Crippen molar-refractivity contribution in [2.24, 2.45) is 0 Å². The molecule has 0 spiro atoms. The molecule has 0 saturated heterocycles. The number of amides is 2. The van der Waals surface area contributed by atoms with E-state index in [0.29, 0.717) is 0 Å². The van der Waals surface area contributed by atoms with Gasteiger partial charge in [-0.3, -0.25) is 9.59 Å². The molecule has 0 unspecified atom stereocenters. The van der Waals surface area contributed by atoms with Crippen molar-refractivity contribution in [2.75, 3.05) is 23.8 Å². The van der Waals surface area contributed by atoms with Gasteiger partial charge in [-0.25, -0.2) is 8.78 Å². The van der Waals surface area contributed by atoms with Gasteiger partial charge < -0.3 is 25.6 Å². The van der Waals surface area contributed by atoms with E-state index in [1.807, 2.05) is 30.3 Å². The van der Waals surface area contributed by atoms with Crippen LogP contribution in [0.3, 0.4) is 0 Å². The molecule has 29 heavy (non-hydrogen) atoms. The van der Waals surface area contributed by atoms with E-state index in [4.69, 9.17) is 0 Å². The predicted molar refractivity (Wildman–Crippen MR) is 105 cm³/mol. The highest BCUT2D eigenvalue weighted by molar-refractivity contribution is 6.40. The molecule has 0 aliphatic heterocycles. The van der Waals surface area contributed by atoms with Crippen molar-refractivity contribution in [3.05, 3.63) is 60.3 Å². The van der Waals surface area contributed by atoms with Crippen LogP contribution in [0.15, 0.2) is 48.7 Å². The lowest BCUT2D eigenvalue weighted by atomic mass is 10.2. The van der Waals surface area contributed by atoms with Gasteiger partial charge in [0.25, 0.3) is 0 Å². The van der Waals surface area contributed by atoms with Crippen molar-refractivity contribution in [3.63, 3.8) is 0 Å². The first kappa shape index (κ1) is 20.3. The number of carbonyl (C=O) groups excluding carboxylic acids is 2. The van der Waals surface area contributed by atoms with Crippen molar-refractivity contribution in [3.8, 4) is 0 Å². The molecule has 1 heterocycles. The average Bonchev–Trinajstić information content (AvgIpc) is 3.03. The van der Waals surface area contributed by atoms with Crippen LogP contribution in [-0.4, -0.2) is 41.2 Å². The average molecular weight is 402 g/mol. The quantitative estimate of drug-likeness (QED) is 0.389. The molecule has 0 bridgehead atoms. The summed E-state index contributed by atoms with van der Waals surface area (Å²) < 4.78 is 26.8. The summed E-state index contributed by atoms with van der Waals surface area (Å²) in [6.07, 6.45) is 1.32. The maximum absolute atomic E-state index is 13.5. The number of nitrogens with zero attached hydrogens (tertiary/aromatic N) is 1. The number of carbonyl (C=O) groups is 2. The van der Waals surface area contributed by atoms with Crippen LogP contribution in [0.25, 0.3) is 10.9 Å². The summed E-state index contributed by atoms with van der Waals surface area (Å²) in [6, 6.07) is 11.1. The predicted octanol–water partition coefficient (Wildman–Crippen LogP) is 2.35. The first-order valence-electron chi connectivity index (χ1n) is 8.74. The van der Waals surface area contributed by atoms with E-state index in [9.17, 15) is 23.5 Å². The molecule has 0 radical (unpaired) electrons. The summed E-state index contributed by atoms with van der Waals surface area (Å²) in [4.78, 5) is 28.8. The van der Waals surface area contributed by atoms with Crippen molar-refractivity contribution in [1.82, 2.24) is 10.3 Å². The van der Waals surface area contributed by atoms with Gasteiger partial charge in [-0.15, -0.1) is 0 Å². The Morgan fingerprint density at radius 1 is 1.14 bits per heavy atom. The zero-order chi connectivity index (χ0) is 21.2. The molecule has 9 heteroatoms. The third-order valence-corrected chi connectivity index (χ3v) is 4.30. The van der Waals surface area contributed by atoms with Crippen molar-refractivity contribution in [2.45, 2.75) is 12.6 Å². The van der Waals surface area contributed by atoms with Crippen molar-refractivity contribution < 1.29 is 23.5 Å². The van der Waals surface area contributed by atoms with Gasteiger partial charge in [0.15, 0.2) is 17.4 Å². The molecule has 3 aromatic rings. The highest BCUT2D eigenvalue weighted by atomic mass is 19.2. The molecule has 0 aliphatic carbocycles. The smallest absolute Gasteiger partial charge is 0.313 e. The van der Waals surface area contributed by atoms with E-state index < -0.39 is 29.2 Å². The van der Waals surface area contributed by atoms with Crippen LogP contribution in [0, 0.1) is 11.6 Å². The molecule has 152 valence electrons. The SMILES string of the molecule is CN(C[C@@](C)(O)NC(=O)C(=O)Nc1c[nH]c2cc(F)c(F)cc12)c1ccccc1. The summed E-state index contributed by atoms with van der Waals surface area (Å²) in [5.74, 6) is -4.25. The van der Waals surface area contributed by atoms with Crippen LogP contribution in [-0.2, 0) is 9.59 Å². The summed E-state index contributed by atoms with van der Waals surface area (Å²) in [5.41, 5.74) is -0.509. The van der Waals surface area contributed by atoms with Crippen LogP contribution in [0.2, 0.25) is 0 Å². The van der Waals surface area contributed by atoms with Gasteiger partial charge in [-0.1, -0.05) is 18.2 Å². The molecular formula is C20H20F2N4O3. The third-order valence-electron chi connectivity index (χ3n) is 4.30. The fraction of sp³-hybridized carbons (Fsp3) is 0.200. The second-order valence-electron chi connectivity index (χ2n) is 6.89. The Balaban J connectivity index is 1.66. The summed E-state index contributed by atoms with van der Waals surface area (Å²) in [7, 11) is 1.73. The lowest BCUT2D eigenvalue weighted by molar-refractivity contribution is -0.140. The number of rotatable bonds is 5. The first-order valence-corrected chi connectivity index (χ1v) is 8.74. The molecule has 0 aliphatic rings. The third kappa shape index (κ3) is 4.69. The Kier molecular flexibility index (Phi) is 5.51. The molecule has 0 fully saturated rings. The van der Waals surface area contributed by atoms with E-state index in [2.05, 4.69) is 15.6 Å². The number of para-hydroxylation sites is 1. The molecule has 1 atom stereocenters. The molecule has 0 saturated carbocycles. The van der Waals surface area contributed by atoms with Crippen molar-refractivity contribution in [1.29, 1.82) is 0 Å². The number of anilines is 2. The molecule has 7 nitrogen and oxygen atoms in total. The molecule has 1 aromatic heterocycles. The number of likely N-dealkylation sites (N-methyl/N-ethyl adjacent to an activating group) is 1. The fourth-order valence-electron chi connectivity index (χ4n) is 2.98. The van der Waals surface area contributed by atoms with Gasteiger partial charge in [-0.05, 0) is 25.1 Å². The normalized spacial score (nSPS) is 13.0. The van der Waals surface area contributed by atoms with Crippen LogP contribution in [0.4, 0.5) is 20.2 Å². The maximum atomic E-state index is 13.5. The highest BCUT2D eigenvalue weighted by Crippen LogP contribution is 2.25. The monoisotopic (exact) mass is 402 g/mol. The van der Waals surface area contributed by atoms with Gasteiger partial charge in [-0.2, -0.15) is 0 Å². The zero-order valence-corrected chi connectivity index (χ0v) is 15.8. The minimum atomic E-state index is -1.70. The first-order chi connectivity index (χ1) is 13.7. The number of hydrogen-bond acceptors (Lipinski definition) is 4. The summed E-state index contributed by atoms with van der Waals surface area (Å²) >= 11 is 0. The second kappa shape index (κ2) is 7.88. The Hall–Kier alpha value is -3.46. The number of halogens is 2. The van der Waals surface area contributed by atoms with E-state index in [-0.39, 0.29) is 23.1 Å². The number of aliphatic hydroxyl groups is 1. The Morgan fingerprint density at radius 2 is 1.79 bits per heavy atom. The Labute approximate surface area is 165 Å². The standard InChI is InChI=1S/C20H20F2N4O3/c1-20(29,11-26(2)12-6-4-3-5-7-12)25-19(28)18(27)24-17-10-23-16-9-15(22)14(21)8-13(16)17/h3-10,23,29H,11H2,1-2H3,(H,24,27)(H,25,28)/t20-/m1/s1. The van der Waals surface area contributed by atoms with Gasteiger partial charge in [0, 0.05) is 30.4 Å². The van der Waals surface area contributed by atoms with E-state index >= 15 is 0 Å².